The Labute approximate surface area is 122 Å². The Bertz CT molecular complexity index is 533. The van der Waals surface area contributed by atoms with E-state index in [-0.39, 0.29) is 5.82 Å². The van der Waals surface area contributed by atoms with Crippen LogP contribution in [0.1, 0.15) is 22.8 Å². The van der Waals surface area contributed by atoms with Gasteiger partial charge in [-0.3, -0.25) is 0 Å². The van der Waals surface area contributed by atoms with Crippen molar-refractivity contribution < 1.29 is 9.50 Å². The van der Waals surface area contributed by atoms with E-state index >= 15 is 0 Å². The van der Waals surface area contributed by atoms with Gasteiger partial charge in [0, 0.05) is 8.95 Å². The molecule has 2 aromatic rings. The first-order valence-corrected chi connectivity index (χ1v) is 6.96. The highest BCUT2D eigenvalue weighted by atomic mass is 79.9. The molecule has 0 aliphatic carbocycles. The standard InChI is InChI=1S/C14H11Br2FO/c1-8-2-3-10(7-13(8)17)14(18)9-4-5-11(15)12(16)6-9/h2-7,14,18H,1H3. The molecule has 0 fully saturated rings. The van der Waals surface area contributed by atoms with Crippen LogP contribution in [0, 0.1) is 12.7 Å². The number of hydrogen-bond acceptors (Lipinski definition) is 1. The van der Waals surface area contributed by atoms with Crippen molar-refractivity contribution in [2.45, 2.75) is 13.0 Å². The van der Waals surface area contributed by atoms with Gasteiger partial charge in [0.05, 0.1) is 0 Å². The maximum atomic E-state index is 13.5. The zero-order chi connectivity index (χ0) is 13.3. The zero-order valence-electron chi connectivity index (χ0n) is 9.62. The molecule has 0 amide bonds. The molecule has 0 aliphatic rings. The number of rotatable bonds is 2. The second-order valence-electron chi connectivity index (χ2n) is 4.08. The van der Waals surface area contributed by atoms with Crippen LogP contribution in [0.3, 0.4) is 0 Å². The Kier molecular flexibility index (Phi) is 4.20. The largest absolute Gasteiger partial charge is 0.384 e. The predicted octanol–water partition coefficient (Wildman–Crippen LogP) is 4.74. The molecule has 0 saturated heterocycles. The van der Waals surface area contributed by atoms with Crippen molar-refractivity contribution in [2.24, 2.45) is 0 Å². The fourth-order valence-electron chi connectivity index (χ4n) is 1.65. The van der Waals surface area contributed by atoms with E-state index in [0.717, 1.165) is 8.95 Å². The van der Waals surface area contributed by atoms with E-state index in [4.69, 9.17) is 0 Å². The van der Waals surface area contributed by atoms with Gasteiger partial charge in [-0.05, 0) is 73.7 Å². The summed E-state index contributed by atoms with van der Waals surface area (Å²) < 4.78 is 15.2. The normalized spacial score (nSPS) is 12.5. The van der Waals surface area contributed by atoms with Crippen LogP contribution in [0.5, 0.6) is 0 Å². The first kappa shape index (κ1) is 13.7. The van der Waals surface area contributed by atoms with Crippen LogP contribution in [-0.4, -0.2) is 5.11 Å². The van der Waals surface area contributed by atoms with Gasteiger partial charge in [0.25, 0.3) is 0 Å². The van der Waals surface area contributed by atoms with Crippen LogP contribution in [0.4, 0.5) is 4.39 Å². The third-order valence-corrected chi connectivity index (χ3v) is 4.65. The molecule has 0 spiro atoms. The van der Waals surface area contributed by atoms with Gasteiger partial charge in [-0.1, -0.05) is 18.2 Å². The van der Waals surface area contributed by atoms with Crippen LogP contribution in [0.2, 0.25) is 0 Å². The molecule has 1 unspecified atom stereocenters. The zero-order valence-corrected chi connectivity index (χ0v) is 12.8. The van der Waals surface area contributed by atoms with Gasteiger partial charge in [-0.2, -0.15) is 0 Å². The van der Waals surface area contributed by atoms with Crippen LogP contribution in [0.15, 0.2) is 45.3 Å². The van der Waals surface area contributed by atoms with E-state index in [9.17, 15) is 9.50 Å². The van der Waals surface area contributed by atoms with Crippen LogP contribution in [-0.2, 0) is 0 Å². The third kappa shape index (κ3) is 2.82. The molecule has 0 heterocycles. The average molecular weight is 374 g/mol. The highest BCUT2D eigenvalue weighted by molar-refractivity contribution is 9.13. The molecule has 2 aromatic carbocycles. The molecule has 1 N–H and O–H groups in total. The van der Waals surface area contributed by atoms with Crippen molar-refractivity contribution in [1.29, 1.82) is 0 Å². The molecule has 94 valence electrons. The van der Waals surface area contributed by atoms with E-state index < -0.39 is 6.10 Å². The van der Waals surface area contributed by atoms with Crippen molar-refractivity contribution >= 4 is 31.9 Å². The molecule has 0 aliphatic heterocycles. The lowest BCUT2D eigenvalue weighted by Gasteiger charge is -2.13. The molecule has 0 saturated carbocycles. The Morgan fingerprint density at radius 2 is 1.61 bits per heavy atom. The molecule has 1 nitrogen and oxygen atoms in total. The van der Waals surface area contributed by atoms with Gasteiger partial charge in [0.1, 0.15) is 11.9 Å². The van der Waals surface area contributed by atoms with Gasteiger partial charge in [0.15, 0.2) is 0 Å². The molecule has 18 heavy (non-hydrogen) atoms. The molecule has 0 radical (unpaired) electrons. The molecular formula is C14H11Br2FO. The number of aliphatic hydroxyl groups is 1. The van der Waals surface area contributed by atoms with Gasteiger partial charge in [-0.15, -0.1) is 0 Å². The number of benzene rings is 2. The second kappa shape index (κ2) is 5.51. The number of halogens is 3. The lowest BCUT2D eigenvalue weighted by molar-refractivity contribution is 0.219. The minimum atomic E-state index is -0.829. The van der Waals surface area contributed by atoms with Gasteiger partial charge in [0.2, 0.25) is 0 Å². The fraction of sp³-hybridized carbons (Fsp3) is 0.143. The van der Waals surface area contributed by atoms with E-state index in [1.165, 1.54) is 6.07 Å². The minimum absolute atomic E-state index is 0.303. The monoisotopic (exact) mass is 372 g/mol. The average Bonchev–Trinajstić information content (AvgIpc) is 2.35. The highest BCUT2D eigenvalue weighted by Crippen LogP contribution is 2.29. The van der Waals surface area contributed by atoms with Gasteiger partial charge in [-0.25, -0.2) is 4.39 Å². The van der Waals surface area contributed by atoms with Crippen molar-refractivity contribution in [1.82, 2.24) is 0 Å². The van der Waals surface area contributed by atoms with E-state index in [1.54, 1.807) is 25.1 Å². The molecule has 4 heteroatoms. The third-order valence-electron chi connectivity index (χ3n) is 2.77. The van der Waals surface area contributed by atoms with E-state index in [1.807, 2.05) is 12.1 Å². The topological polar surface area (TPSA) is 20.2 Å². The first-order chi connectivity index (χ1) is 8.49. The Balaban J connectivity index is 2.37. The molecule has 0 aromatic heterocycles. The minimum Gasteiger partial charge on any atom is -0.384 e. The summed E-state index contributed by atoms with van der Waals surface area (Å²) in [6.45, 7) is 1.70. The maximum absolute atomic E-state index is 13.5. The quantitative estimate of drug-likeness (QED) is 0.805. The highest BCUT2D eigenvalue weighted by Gasteiger charge is 2.13. The first-order valence-electron chi connectivity index (χ1n) is 5.38. The summed E-state index contributed by atoms with van der Waals surface area (Å²) in [4.78, 5) is 0. The number of aryl methyl sites for hydroxylation is 1. The Morgan fingerprint density at radius 1 is 1.00 bits per heavy atom. The van der Waals surface area contributed by atoms with Crippen LogP contribution >= 0.6 is 31.9 Å². The summed E-state index contributed by atoms with van der Waals surface area (Å²) in [5.74, 6) is -0.303. The summed E-state index contributed by atoms with van der Waals surface area (Å²) in [6.07, 6.45) is -0.829. The van der Waals surface area contributed by atoms with Crippen LogP contribution in [0.25, 0.3) is 0 Å². The maximum Gasteiger partial charge on any atom is 0.126 e. The Hall–Kier alpha value is -0.710. The van der Waals surface area contributed by atoms with Crippen molar-refractivity contribution in [2.75, 3.05) is 0 Å². The smallest absolute Gasteiger partial charge is 0.126 e. The number of aliphatic hydroxyl groups excluding tert-OH is 1. The molecule has 2 rings (SSSR count). The van der Waals surface area contributed by atoms with Gasteiger partial charge < -0.3 is 5.11 Å². The summed E-state index contributed by atoms with van der Waals surface area (Å²) in [5.41, 5.74) is 1.84. The van der Waals surface area contributed by atoms with Crippen molar-refractivity contribution in [3.63, 3.8) is 0 Å². The lowest BCUT2D eigenvalue weighted by atomic mass is 10.0. The molecule has 0 bridgehead atoms. The number of hydrogen-bond donors (Lipinski definition) is 1. The summed E-state index contributed by atoms with van der Waals surface area (Å²) in [6, 6.07) is 10.2. The van der Waals surface area contributed by atoms with Crippen molar-refractivity contribution in [3.05, 3.63) is 67.9 Å². The summed E-state index contributed by atoms with van der Waals surface area (Å²) >= 11 is 6.75. The van der Waals surface area contributed by atoms with Gasteiger partial charge >= 0.3 is 0 Å². The lowest BCUT2D eigenvalue weighted by Crippen LogP contribution is -2.01. The second-order valence-corrected chi connectivity index (χ2v) is 5.79. The fourth-order valence-corrected chi connectivity index (χ4v) is 2.30. The SMILES string of the molecule is Cc1ccc(C(O)c2ccc(Br)c(Br)c2)cc1F. The van der Waals surface area contributed by atoms with E-state index in [0.29, 0.717) is 16.7 Å². The predicted molar refractivity (Wildman–Crippen MR) is 77.0 cm³/mol. The van der Waals surface area contributed by atoms with Crippen LogP contribution < -0.4 is 0 Å². The molecule has 1 atom stereocenters. The Morgan fingerprint density at radius 3 is 2.22 bits per heavy atom. The summed E-state index contributed by atoms with van der Waals surface area (Å²) in [5, 5.41) is 10.2. The van der Waals surface area contributed by atoms with E-state index in [2.05, 4.69) is 31.9 Å². The van der Waals surface area contributed by atoms with Crippen molar-refractivity contribution in [3.8, 4) is 0 Å². The summed E-state index contributed by atoms with van der Waals surface area (Å²) in [7, 11) is 0. The molecular weight excluding hydrogens is 363 g/mol.